The fraction of sp³-hybridized carbons (Fsp3) is 0.111. The summed E-state index contributed by atoms with van der Waals surface area (Å²) in [5.74, 6) is 0.949. The minimum absolute atomic E-state index is 0.229. The third kappa shape index (κ3) is 3.87. The number of carbonyl (C=O) groups excluding carboxylic acids is 1. The number of benzene rings is 2. The Balaban J connectivity index is 1.97. The van der Waals surface area contributed by atoms with Crippen LogP contribution in [0.25, 0.3) is 6.08 Å². The van der Waals surface area contributed by atoms with Crippen molar-refractivity contribution in [3.63, 3.8) is 0 Å². The largest absolute Gasteiger partial charge is 0.493 e. The summed E-state index contributed by atoms with van der Waals surface area (Å²) in [7, 11) is 3.12. The van der Waals surface area contributed by atoms with Crippen LogP contribution >= 0.6 is 38.5 Å². The van der Waals surface area contributed by atoms with Gasteiger partial charge in [0, 0.05) is 9.13 Å². The van der Waals surface area contributed by atoms with Crippen LogP contribution < -0.4 is 9.47 Å². The van der Waals surface area contributed by atoms with Crippen LogP contribution in [-0.2, 0) is 9.53 Å². The second-order valence-electron chi connectivity index (χ2n) is 5.08. The lowest BCUT2D eigenvalue weighted by Crippen LogP contribution is -2.05. The Kier molecular flexibility index (Phi) is 5.43. The summed E-state index contributed by atoms with van der Waals surface area (Å²) in [5, 5.41) is 0. The zero-order valence-corrected chi connectivity index (χ0v) is 17.1. The lowest BCUT2D eigenvalue weighted by Gasteiger charge is -2.10. The van der Waals surface area contributed by atoms with Gasteiger partial charge in [-0.2, -0.15) is 0 Å². The molecule has 0 radical (unpaired) electrons. The topological polar surface area (TPSA) is 57.1 Å². The number of hydrogen-bond acceptors (Lipinski definition) is 5. The molecule has 128 valence electrons. The first-order valence-electron chi connectivity index (χ1n) is 7.22. The molecule has 7 heteroatoms. The van der Waals surface area contributed by atoms with Crippen molar-refractivity contribution in [1.29, 1.82) is 0 Å². The van der Waals surface area contributed by atoms with Crippen LogP contribution in [0.2, 0.25) is 0 Å². The first-order valence-corrected chi connectivity index (χ1v) is 9.09. The van der Waals surface area contributed by atoms with E-state index in [2.05, 4.69) is 43.5 Å². The minimum Gasteiger partial charge on any atom is -0.493 e. The van der Waals surface area contributed by atoms with Crippen molar-refractivity contribution in [3.8, 4) is 11.5 Å². The van der Waals surface area contributed by atoms with Gasteiger partial charge in [0.2, 0.25) is 5.90 Å². The van der Waals surface area contributed by atoms with E-state index >= 15 is 0 Å². The van der Waals surface area contributed by atoms with E-state index in [-0.39, 0.29) is 5.70 Å². The number of aliphatic imine (C=N–C) groups is 1. The summed E-state index contributed by atoms with van der Waals surface area (Å²) >= 11 is 5.64. The van der Waals surface area contributed by atoms with E-state index in [0.29, 0.717) is 17.4 Å². The average Bonchev–Trinajstić information content (AvgIpc) is 2.95. The summed E-state index contributed by atoms with van der Waals surface area (Å²) in [6, 6.07) is 11.2. The van der Waals surface area contributed by atoms with Crippen molar-refractivity contribution < 1.29 is 19.0 Å². The van der Waals surface area contributed by atoms with Crippen molar-refractivity contribution in [3.05, 3.63) is 61.3 Å². The first kappa shape index (κ1) is 17.9. The summed E-state index contributed by atoms with van der Waals surface area (Å²) < 4.78 is 17.7. The molecule has 3 rings (SSSR count). The van der Waals surface area contributed by atoms with Gasteiger partial charge in [-0.05, 0) is 86.6 Å². The molecule has 0 N–H and O–H groups in total. The number of esters is 1. The van der Waals surface area contributed by atoms with Crippen LogP contribution in [0.5, 0.6) is 11.5 Å². The minimum atomic E-state index is -0.487. The van der Waals surface area contributed by atoms with E-state index in [9.17, 15) is 4.79 Å². The highest BCUT2D eigenvalue weighted by molar-refractivity contribution is 14.1. The van der Waals surface area contributed by atoms with Gasteiger partial charge < -0.3 is 14.2 Å². The number of ether oxygens (including phenoxy) is 3. The normalized spacial score (nSPS) is 15.1. The average molecular weight is 514 g/mol. The van der Waals surface area contributed by atoms with E-state index in [1.807, 2.05) is 30.3 Å². The molecule has 1 aliphatic rings. The molecule has 5 nitrogen and oxygen atoms in total. The number of nitrogens with zero attached hydrogens (tertiary/aromatic N) is 1. The molecule has 2 aromatic rings. The summed E-state index contributed by atoms with van der Waals surface area (Å²) in [6.45, 7) is 0. The quantitative estimate of drug-likeness (QED) is 0.345. The number of hydrogen-bond donors (Lipinski definition) is 0. The van der Waals surface area contributed by atoms with Crippen LogP contribution in [0.4, 0.5) is 0 Å². The number of carbonyl (C=O) groups is 1. The van der Waals surface area contributed by atoms with Crippen molar-refractivity contribution in [2.24, 2.45) is 4.99 Å². The van der Waals surface area contributed by atoms with Gasteiger partial charge in [-0.25, -0.2) is 9.79 Å². The fourth-order valence-corrected chi connectivity index (χ4v) is 3.29. The Bertz CT molecular complexity index is 891. The highest BCUT2D eigenvalue weighted by Crippen LogP contribution is 2.37. The second-order valence-corrected chi connectivity index (χ2v) is 7.18. The monoisotopic (exact) mass is 513 g/mol. The molecular formula is C18H13BrINO4. The van der Waals surface area contributed by atoms with Crippen LogP contribution in [-0.4, -0.2) is 26.1 Å². The van der Waals surface area contributed by atoms with Gasteiger partial charge >= 0.3 is 5.97 Å². The van der Waals surface area contributed by atoms with E-state index < -0.39 is 5.97 Å². The maximum atomic E-state index is 12.1. The molecular weight excluding hydrogens is 501 g/mol. The molecule has 0 fully saturated rings. The van der Waals surface area contributed by atoms with Crippen LogP contribution in [0, 0.1) is 3.57 Å². The second kappa shape index (κ2) is 7.57. The molecule has 1 heterocycles. The molecule has 0 atom stereocenters. The Morgan fingerprint density at radius 3 is 2.52 bits per heavy atom. The predicted octanol–water partition coefficient (Wildman–Crippen LogP) is 4.42. The molecule has 0 aromatic heterocycles. The highest BCUT2D eigenvalue weighted by atomic mass is 127. The SMILES string of the molecule is COc1cc(/C=C2\N=C(c3ccc(I)cc3)OC2=O)cc(Br)c1OC. The van der Waals surface area contributed by atoms with Crippen molar-refractivity contribution in [2.45, 2.75) is 0 Å². The van der Waals surface area contributed by atoms with Crippen LogP contribution in [0.15, 0.2) is 51.6 Å². The Labute approximate surface area is 167 Å². The van der Waals surface area contributed by atoms with E-state index in [4.69, 9.17) is 14.2 Å². The smallest absolute Gasteiger partial charge is 0.363 e. The van der Waals surface area contributed by atoms with Gasteiger partial charge in [-0.15, -0.1) is 0 Å². The number of methoxy groups -OCH3 is 2. The Hall–Kier alpha value is -1.87. The summed E-state index contributed by atoms with van der Waals surface area (Å²) in [6.07, 6.45) is 1.65. The van der Waals surface area contributed by atoms with Crippen molar-refractivity contribution in [2.75, 3.05) is 14.2 Å². The van der Waals surface area contributed by atoms with Gasteiger partial charge in [-0.3, -0.25) is 0 Å². The standard InChI is InChI=1S/C18H13BrINO4/c1-23-15-9-10(7-13(19)16(15)24-2)8-14-18(22)25-17(21-14)11-3-5-12(20)6-4-11/h3-9H,1-2H3/b14-8-. The maximum absolute atomic E-state index is 12.1. The summed E-state index contributed by atoms with van der Waals surface area (Å²) in [5.41, 5.74) is 1.72. The van der Waals surface area contributed by atoms with Gasteiger partial charge in [0.15, 0.2) is 17.2 Å². The lowest BCUT2D eigenvalue weighted by atomic mass is 10.1. The molecule has 0 saturated heterocycles. The molecule has 0 unspecified atom stereocenters. The molecule has 0 aliphatic carbocycles. The predicted molar refractivity (Wildman–Crippen MR) is 107 cm³/mol. The van der Waals surface area contributed by atoms with Crippen molar-refractivity contribution >= 4 is 56.5 Å². The van der Waals surface area contributed by atoms with Gasteiger partial charge in [0.05, 0.1) is 18.7 Å². The molecule has 0 spiro atoms. The third-order valence-electron chi connectivity index (χ3n) is 3.47. The molecule has 0 bridgehead atoms. The van der Waals surface area contributed by atoms with E-state index in [1.54, 1.807) is 26.4 Å². The zero-order valence-electron chi connectivity index (χ0n) is 13.4. The summed E-state index contributed by atoms with van der Waals surface area (Å²) in [4.78, 5) is 16.4. The molecule has 1 aliphatic heterocycles. The first-order chi connectivity index (χ1) is 12.0. The van der Waals surface area contributed by atoms with Crippen molar-refractivity contribution in [1.82, 2.24) is 0 Å². The number of rotatable bonds is 4. The van der Waals surface area contributed by atoms with Crippen LogP contribution in [0.3, 0.4) is 0 Å². The van der Waals surface area contributed by atoms with Gasteiger partial charge in [0.25, 0.3) is 0 Å². The van der Waals surface area contributed by atoms with Crippen LogP contribution in [0.1, 0.15) is 11.1 Å². The number of halogens is 2. The van der Waals surface area contributed by atoms with Gasteiger partial charge in [0.1, 0.15) is 0 Å². The molecule has 2 aromatic carbocycles. The lowest BCUT2D eigenvalue weighted by molar-refractivity contribution is -0.129. The molecule has 25 heavy (non-hydrogen) atoms. The maximum Gasteiger partial charge on any atom is 0.363 e. The van der Waals surface area contributed by atoms with E-state index in [1.165, 1.54) is 0 Å². The molecule has 0 saturated carbocycles. The Morgan fingerprint density at radius 2 is 1.88 bits per heavy atom. The third-order valence-corrected chi connectivity index (χ3v) is 4.78. The van der Waals surface area contributed by atoms with Gasteiger partial charge in [-0.1, -0.05) is 0 Å². The fourth-order valence-electron chi connectivity index (χ4n) is 2.30. The zero-order chi connectivity index (χ0) is 18.0. The van der Waals surface area contributed by atoms with E-state index in [0.717, 1.165) is 19.2 Å². The molecule has 0 amide bonds. The number of cyclic esters (lactones) is 1. The Morgan fingerprint density at radius 1 is 1.16 bits per heavy atom. The highest BCUT2D eigenvalue weighted by Gasteiger charge is 2.24.